The summed E-state index contributed by atoms with van der Waals surface area (Å²) in [7, 11) is 0. The number of nitrogens with zero attached hydrogens (tertiary/aromatic N) is 3. The van der Waals surface area contributed by atoms with Gasteiger partial charge in [-0.25, -0.2) is 9.67 Å². The molecule has 0 spiro atoms. The van der Waals surface area contributed by atoms with Crippen LogP contribution >= 0.6 is 0 Å². The van der Waals surface area contributed by atoms with E-state index >= 15 is 0 Å². The van der Waals surface area contributed by atoms with Gasteiger partial charge in [-0.15, -0.1) is 0 Å². The summed E-state index contributed by atoms with van der Waals surface area (Å²) in [6.07, 6.45) is 8.75. The quantitative estimate of drug-likeness (QED) is 0.682. The lowest BCUT2D eigenvalue weighted by atomic mass is 10.2. The van der Waals surface area contributed by atoms with Gasteiger partial charge in [-0.3, -0.25) is 0 Å². The molecule has 0 fully saturated rings. The van der Waals surface area contributed by atoms with Gasteiger partial charge in [0, 0.05) is 18.2 Å². The molecule has 5 nitrogen and oxygen atoms in total. The van der Waals surface area contributed by atoms with Gasteiger partial charge in [-0.2, -0.15) is 5.10 Å². The standard InChI is InChI=1S/C16H19N5/c17-9-5-4-8-16-18-11-15(20-16)13-10-19-21(12-13)14-6-2-1-3-7-14/h1-3,6-7,10-12H,4-5,8-9,17H2,(H,18,20). The largest absolute Gasteiger partial charge is 0.342 e. The Labute approximate surface area is 123 Å². The molecule has 0 aliphatic heterocycles. The summed E-state index contributed by atoms with van der Waals surface area (Å²) >= 11 is 0. The van der Waals surface area contributed by atoms with Crippen LogP contribution in [0, 0.1) is 0 Å². The Balaban J connectivity index is 1.74. The van der Waals surface area contributed by atoms with Gasteiger partial charge < -0.3 is 10.7 Å². The third-order valence-corrected chi connectivity index (χ3v) is 3.41. The number of H-pyrrole nitrogens is 1. The van der Waals surface area contributed by atoms with Crippen molar-refractivity contribution in [3.63, 3.8) is 0 Å². The number of aromatic amines is 1. The SMILES string of the molecule is NCCCCc1ncc(-c2cnn(-c3ccccc3)c2)[nH]1. The fraction of sp³-hybridized carbons (Fsp3) is 0.250. The van der Waals surface area contributed by atoms with Crippen LogP contribution in [-0.4, -0.2) is 26.3 Å². The van der Waals surface area contributed by atoms with Gasteiger partial charge in [0.05, 0.1) is 23.8 Å². The highest BCUT2D eigenvalue weighted by molar-refractivity contribution is 5.57. The minimum absolute atomic E-state index is 0.734. The third kappa shape index (κ3) is 3.20. The van der Waals surface area contributed by atoms with Crippen molar-refractivity contribution in [2.24, 2.45) is 5.73 Å². The summed E-state index contributed by atoms with van der Waals surface area (Å²) in [5.41, 5.74) is 8.59. The number of hydrogen-bond donors (Lipinski definition) is 2. The summed E-state index contributed by atoms with van der Waals surface area (Å²) in [6, 6.07) is 10.1. The predicted octanol–water partition coefficient (Wildman–Crippen LogP) is 2.54. The second kappa shape index (κ2) is 6.37. The van der Waals surface area contributed by atoms with E-state index in [2.05, 4.69) is 15.1 Å². The summed E-state index contributed by atoms with van der Waals surface area (Å²) in [5, 5.41) is 4.40. The average molecular weight is 281 g/mol. The molecule has 1 aromatic carbocycles. The number of nitrogens with one attached hydrogen (secondary N) is 1. The molecule has 0 aliphatic rings. The Kier molecular flexibility index (Phi) is 4.12. The van der Waals surface area contributed by atoms with Crippen molar-refractivity contribution in [3.8, 4) is 16.9 Å². The van der Waals surface area contributed by atoms with E-state index in [9.17, 15) is 0 Å². The van der Waals surface area contributed by atoms with Gasteiger partial charge in [0.15, 0.2) is 0 Å². The number of aromatic nitrogens is 4. The molecule has 0 bridgehead atoms. The Morgan fingerprint density at radius 3 is 2.76 bits per heavy atom. The number of unbranched alkanes of at least 4 members (excludes halogenated alkanes) is 1. The first-order valence-electron chi connectivity index (χ1n) is 7.21. The maximum atomic E-state index is 5.51. The molecule has 3 rings (SSSR count). The minimum Gasteiger partial charge on any atom is -0.342 e. The highest BCUT2D eigenvalue weighted by Crippen LogP contribution is 2.18. The van der Waals surface area contributed by atoms with Crippen LogP contribution in [0.3, 0.4) is 0 Å². The molecule has 0 saturated heterocycles. The molecule has 5 heteroatoms. The first kappa shape index (κ1) is 13.6. The number of rotatable bonds is 6. The monoisotopic (exact) mass is 281 g/mol. The lowest BCUT2D eigenvalue weighted by Gasteiger charge is -1.98. The van der Waals surface area contributed by atoms with Crippen LogP contribution < -0.4 is 5.73 Å². The number of aryl methyl sites for hydroxylation is 1. The Bertz CT molecular complexity index is 684. The zero-order valence-corrected chi connectivity index (χ0v) is 11.9. The van der Waals surface area contributed by atoms with Gasteiger partial charge in [0.2, 0.25) is 0 Å². The van der Waals surface area contributed by atoms with E-state index in [1.807, 2.05) is 53.6 Å². The van der Waals surface area contributed by atoms with E-state index in [4.69, 9.17) is 5.73 Å². The third-order valence-electron chi connectivity index (χ3n) is 3.41. The lowest BCUT2D eigenvalue weighted by Crippen LogP contribution is -1.99. The normalized spacial score (nSPS) is 10.9. The van der Waals surface area contributed by atoms with E-state index < -0.39 is 0 Å². The highest BCUT2D eigenvalue weighted by atomic mass is 15.3. The van der Waals surface area contributed by atoms with Crippen molar-refractivity contribution in [1.29, 1.82) is 0 Å². The maximum absolute atomic E-state index is 5.51. The summed E-state index contributed by atoms with van der Waals surface area (Å²) < 4.78 is 1.87. The van der Waals surface area contributed by atoms with Crippen LogP contribution in [0.1, 0.15) is 18.7 Å². The molecule has 2 aromatic heterocycles. The van der Waals surface area contributed by atoms with Crippen molar-refractivity contribution in [3.05, 3.63) is 54.7 Å². The molecule has 3 aromatic rings. The summed E-state index contributed by atoms with van der Waals surface area (Å²) in [6.45, 7) is 0.734. The lowest BCUT2D eigenvalue weighted by molar-refractivity contribution is 0.723. The molecule has 0 atom stereocenters. The Morgan fingerprint density at radius 2 is 1.95 bits per heavy atom. The summed E-state index contributed by atoms with van der Waals surface area (Å²) in [4.78, 5) is 7.76. The second-order valence-electron chi connectivity index (χ2n) is 5.00. The van der Waals surface area contributed by atoms with E-state index in [1.54, 1.807) is 0 Å². The number of nitrogens with two attached hydrogens (primary N) is 1. The maximum Gasteiger partial charge on any atom is 0.106 e. The van der Waals surface area contributed by atoms with Crippen molar-refractivity contribution in [2.45, 2.75) is 19.3 Å². The van der Waals surface area contributed by atoms with Gasteiger partial charge in [-0.1, -0.05) is 18.2 Å². The van der Waals surface area contributed by atoms with E-state index in [0.29, 0.717) is 0 Å². The van der Waals surface area contributed by atoms with Crippen molar-refractivity contribution in [1.82, 2.24) is 19.7 Å². The molecule has 21 heavy (non-hydrogen) atoms. The smallest absolute Gasteiger partial charge is 0.106 e. The fourth-order valence-electron chi connectivity index (χ4n) is 2.26. The van der Waals surface area contributed by atoms with E-state index in [-0.39, 0.29) is 0 Å². The zero-order valence-electron chi connectivity index (χ0n) is 11.9. The number of para-hydroxylation sites is 1. The molecule has 3 N–H and O–H groups in total. The van der Waals surface area contributed by atoms with Crippen LogP contribution in [-0.2, 0) is 6.42 Å². The van der Waals surface area contributed by atoms with Gasteiger partial charge in [0.1, 0.15) is 5.82 Å². The second-order valence-corrected chi connectivity index (χ2v) is 5.00. The predicted molar refractivity (Wildman–Crippen MR) is 83.1 cm³/mol. The average Bonchev–Trinajstić information content (AvgIpc) is 3.17. The fourth-order valence-corrected chi connectivity index (χ4v) is 2.26. The molecule has 108 valence electrons. The number of imidazole rings is 1. The molecule has 0 radical (unpaired) electrons. The first-order valence-corrected chi connectivity index (χ1v) is 7.21. The molecular formula is C16H19N5. The summed E-state index contributed by atoms with van der Waals surface area (Å²) in [5.74, 6) is 1.01. The number of benzene rings is 1. The molecule has 0 unspecified atom stereocenters. The van der Waals surface area contributed by atoms with Crippen molar-refractivity contribution < 1.29 is 0 Å². The van der Waals surface area contributed by atoms with Gasteiger partial charge >= 0.3 is 0 Å². The van der Waals surface area contributed by atoms with Crippen LogP contribution in [0.5, 0.6) is 0 Å². The molecule has 0 aliphatic carbocycles. The van der Waals surface area contributed by atoms with Crippen LogP contribution in [0.15, 0.2) is 48.9 Å². The highest BCUT2D eigenvalue weighted by Gasteiger charge is 2.06. The molecule has 0 saturated carbocycles. The van der Waals surface area contributed by atoms with Crippen molar-refractivity contribution in [2.75, 3.05) is 6.54 Å². The van der Waals surface area contributed by atoms with Crippen molar-refractivity contribution >= 4 is 0 Å². The Morgan fingerprint density at radius 1 is 1.10 bits per heavy atom. The van der Waals surface area contributed by atoms with Crippen LogP contribution in [0.2, 0.25) is 0 Å². The van der Waals surface area contributed by atoms with E-state index in [0.717, 1.165) is 48.6 Å². The molecular weight excluding hydrogens is 262 g/mol. The van der Waals surface area contributed by atoms with E-state index in [1.165, 1.54) is 0 Å². The Hall–Kier alpha value is -2.40. The molecule has 2 heterocycles. The van der Waals surface area contributed by atoms with Gasteiger partial charge in [-0.05, 0) is 31.5 Å². The van der Waals surface area contributed by atoms with Gasteiger partial charge in [0.25, 0.3) is 0 Å². The zero-order chi connectivity index (χ0) is 14.5. The number of hydrogen-bond acceptors (Lipinski definition) is 3. The topological polar surface area (TPSA) is 72.5 Å². The minimum atomic E-state index is 0.734. The first-order chi connectivity index (χ1) is 10.4. The molecule has 0 amide bonds. The van der Waals surface area contributed by atoms with Crippen LogP contribution in [0.4, 0.5) is 0 Å². The van der Waals surface area contributed by atoms with Crippen LogP contribution in [0.25, 0.3) is 16.9 Å².